The van der Waals surface area contributed by atoms with Gasteiger partial charge in [-0.2, -0.15) is 0 Å². The Morgan fingerprint density at radius 2 is 1.74 bits per heavy atom. The summed E-state index contributed by atoms with van der Waals surface area (Å²) < 4.78 is 26.7. The number of nitrogens with one attached hydrogen (secondary N) is 1. The zero-order valence-corrected chi connectivity index (χ0v) is 25.5. The van der Waals surface area contributed by atoms with E-state index in [0.29, 0.717) is 28.6 Å². The van der Waals surface area contributed by atoms with E-state index in [0.717, 1.165) is 42.4 Å². The Kier molecular flexibility index (Phi) is 11.1. The van der Waals surface area contributed by atoms with Crippen LogP contribution in [0.5, 0.6) is 0 Å². The van der Waals surface area contributed by atoms with Crippen LogP contribution in [0.2, 0.25) is 10.0 Å². The third-order valence-corrected chi connectivity index (χ3v) is 9.13. The fourth-order valence-electron chi connectivity index (χ4n) is 5.09. The highest BCUT2D eigenvalue weighted by Crippen LogP contribution is 2.26. The molecule has 0 aromatic heterocycles. The minimum Gasteiger partial charge on any atom is -0.352 e. The van der Waals surface area contributed by atoms with Crippen molar-refractivity contribution in [2.24, 2.45) is 0 Å². The lowest BCUT2D eigenvalue weighted by atomic mass is 10.1. The maximum Gasteiger partial charge on any atom is 0.243 e. The third kappa shape index (κ3) is 8.60. The number of sulfonamides is 1. The molecule has 1 atom stereocenters. The van der Waals surface area contributed by atoms with Crippen LogP contribution < -0.4 is 9.62 Å². The summed E-state index contributed by atoms with van der Waals surface area (Å²) in [7, 11) is -3.56. The molecule has 0 saturated heterocycles. The van der Waals surface area contributed by atoms with Gasteiger partial charge in [0.05, 0.1) is 22.0 Å². The van der Waals surface area contributed by atoms with Gasteiger partial charge in [0, 0.05) is 25.6 Å². The van der Waals surface area contributed by atoms with Gasteiger partial charge >= 0.3 is 0 Å². The van der Waals surface area contributed by atoms with Crippen molar-refractivity contribution < 1.29 is 18.0 Å². The molecule has 1 saturated carbocycles. The summed E-state index contributed by atoms with van der Waals surface area (Å²) in [5, 5.41) is 3.92. The molecule has 214 valence electrons. The molecule has 3 rings (SSSR count). The molecule has 0 aliphatic heterocycles. The number of benzene rings is 2. The molecule has 0 heterocycles. The fourth-order valence-corrected chi connectivity index (χ4v) is 6.43. The van der Waals surface area contributed by atoms with Gasteiger partial charge in [-0.25, -0.2) is 8.42 Å². The standard InChI is InChI=1S/C29H39Cl2N3O4S/c1-5-26(29(36)32-23-9-6-7-10-23)33(19-22-14-15-24(30)25(31)18-22)28(35)11-8-16-34(39(4,37)38)27-17-20(2)12-13-21(27)3/h12-15,17-18,23,26H,5-11,16,19H2,1-4H3,(H,32,36). The maximum atomic E-state index is 13.6. The summed E-state index contributed by atoms with van der Waals surface area (Å²) >= 11 is 12.3. The molecule has 1 aliphatic rings. The number of amides is 2. The number of anilines is 1. The van der Waals surface area contributed by atoms with Crippen molar-refractivity contribution in [2.75, 3.05) is 17.1 Å². The zero-order chi connectivity index (χ0) is 28.7. The first-order valence-electron chi connectivity index (χ1n) is 13.5. The highest BCUT2D eigenvalue weighted by molar-refractivity contribution is 7.92. The van der Waals surface area contributed by atoms with E-state index < -0.39 is 16.1 Å². The van der Waals surface area contributed by atoms with Crippen LogP contribution in [0.4, 0.5) is 5.69 Å². The highest BCUT2D eigenvalue weighted by Gasteiger charge is 2.31. The van der Waals surface area contributed by atoms with Gasteiger partial charge in [-0.1, -0.05) is 61.2 Å². The lowest BCUT2D eigenvalue weighted by Gasteiger charge is -2.32. The van der Waals surface area contributed by atoms with E-state index in [1.165, 1.54) is 10.6 Å². The Balaban J connectivity index is 1.80. The number of rotatable bonds is 12. The van der Waals surface area contributed by atoms with Gasteiger partial charge in [-0.3, -0.25) is 13.9 Å². The number of hydrogen-bond acceptors (Lipinski definition) is 4. The fraction of sp³-hybridized carbons (Fsp3) is 0.517. The van der Waals surface area contributed by atoms with E-state index in [4.69, 9.17) is 23.2 Å². The van der Waals surface area contributed by atoms with Gasteiger partial charge in [-0.05, 0) is 74.4 Å². The summed E-state index contributed by atoms with van der Waals surface area (Å²) in [4.78, 5) is 28.6. The Labute approximate surface area is 242 Å². The van der Waals surface area contributed by atoms with Crippen molar-refractivity contribution in [1.29, 1.82) is 0 Å². The monoisotopic (exact) mass is 595 g/mol. The van der Waals surface area contributed by atoms with Gasteiger partial charge in [0.15, 0.2) is 0 Å². The van der Waals surface area contributed by atoms with E-state index in [9.17, 15) is 18.0 Å². The van der Waals surface area contributed by atoms with Crippen molar-refractivity contribution in [1.82, 2.24) is 10.2 Å². The topological polar surface area (TPSA) is 86.8 Å². The number of nitrogens with zero attached hydrogens (tertiary/aromatic N) is 2. The molecule has 0 radical (unpaired) electrons. The van der Waals surface area contributed by atoms with Crippen molar-refractivity contribution >= 4 is 50.7 Å². The third-order valence-electron chi connectivity index (χ3n) is 7.21. The first kappa shape index (κ1) is 31.2. The van der Waals surface area contributed by atoms with Gasteiger partial charge in [0.1, 0.15) is 6.04 Å². The second-order valence-electron chi connectivity index (χ2n) is 10.4. The minimum atomic E-state index is -3.56. The Morgan fingerprint density at radius 3 is 2.36 bits per heavy atom. The van der Waals surface area contributed by atoms with Gasteiger partial charge < -0.3 is 10.2 Å². The number of carbonyl (C=O) groups excluding carboxylic acids is 2. The van der Waals surface area contributed by atoms with Crippen molar-refractivity contribution in [3.05, 3.63) is 63.1 Å². The number of aryl methyl sites for hydroxylation is 2. The lowest BCUT2D eigenvalue weighted by Crippen LogP contribution is -2.51. The van der Waals surface area contributed by atoms with Crippen molar-refractivity contribution in [3.8, 4) is 0 Å². The second kappa shape index (κ2) is 13.9. The SMILES string of the molecule is CCC(C(=O)NC1CCCC1)N(Cc1ccc(Cl)c(Cl)c1)C(=O)CCCN(c1cc(C)ccc1C)S(C)(=O)=O. The van der Waals surface area contributed by atoms with Crippen LogP contribution in [0.15, 0.2) is 36.4 Å². The predicted octanol–water partition coefficient (Wildman–Crippen LogP) is 6.02. The number of hydrogen-bond donors (Lipinski definition) is 1. The molecule has 10 heteroatoms. The Bertz CT molecular complexity index is 1280. The minimum absolute atomic E-state index is 0.0887. The lowest BCUT2D eigenvalue weighted by molar-refractivity contribution is -0.141. The smallest absolute Gasteiger partial charge is 0.243 e. The predicted molar refractivity (Wildman–Crippen MR) is 159 cm³/mol. The second-order valence-corrected chi connectivity index (χ2v) is 13.1. The van der Waals surface area contributed by atoms with E-state index in [-0.39, 0.29) is 37.4 Å². The molecule has 7 nitrogen and oxygen atoms in total. The molecule has 39 heavy (non-hydrogen) atoms. The van der Waals surface area contributed by atoms with E-state index in [2.05, 4.69) is 5.32 Å². The van der Waals surface area contributed by atoms with Crippen molar-refractivity contribution in [2.45, 2.75) is 84.3 Å². The van der Waals surface area contributed by atoms with E-state index >= 15 is 0 Å². The van der Waals surface area contributed by atoms with Gasteiger partial charge in [0.25, 0.3) is 0 Å². The Hall–Kier alpha value is -2.29. The first-order chi connectivity index (χ1) is 18.4. The molecule has 1 fully saturated rings. The normalized spacial score (nSPS) is 14.7. The van der Waals surface area contributed by atoms with Crippen LogP contribution in [0.3, 0.4) is 0 Å². The van der Waals surface area contributed by atoms with E-state index in [1.807, 2.05) is 39.0 Å². The molecule has 1 aliphatic carbocycles. The first-order valence-corrected chi connectivity index (χ1v) is 16.1. The largest absolute Gasteiger partial charge is 0.352 e. The summed E-state index contributed by atoms with van der Waals surface area (Å²) in [6, 6.07) is 10.3. The zero-order valence-electron chi connectivity index (χ0n) is 23.2. The molecule has 2 amide bonds. The maximum absolute atomic E-state index is 13.6. The molecule has 0 bridgehead atoms. The summed E-state index contributed by atoms with van der Waals surface area (Å²) in [6.07, 6.45) is 6.08. The average Bonchev–Trinajstić information content (AvgIpc) is 3.37. The number of halogens is 2. The van der Waals surface area contributed by atoms with Gasteiger partial charge in [0.2, 0.25) is 21.8 Å². The van der Waals surface area contributed by atoms with Crippen LogP contribution in [0.1, 0.15) is 68.6 Å². The summed E-state index contributed by atoms with van der Waals surface area (Å²) in [5.74, 6) is -0.380. The molecular formula is C29H39Cl2N3O4S. The van der Waals surface area contributed by atoms with Crippen LogP contribution in [-0.2, 0) is 26.2 Å². The average molecular weight is 597 g/mol. The summed E-state index contributed by atoms with van der Waals surface area (Å²) in [6.45, 7) is 6.01. The molecule has 1 unspecified atom stereocenters. The van der Waals surface area contributed by atoms with Crippen molar-refractivity contribution in [3.63, 3.8) is 0 Å². The van der Waals surface area contributed by atoms with Crippen LogP contribution in [0.25, 0.3) is 0 Å². The summed E-state index contributed by atoms with van der Waals surface area (Å²) in [5.41, 5.74) is 3.17. The van der Waals surface area contributed by atoms with Crippen LogP contribution >= 0.6 is 23.2 Å². The molecule has 0 spiro atoms. The molecule has 1 N–H and O–H groups in total. The van der Waals surface area contributed by atoms with Crippen LogP contribution in [0, 0.1) is 13.8 Å². The molecular weight excluding hydrogens is 557 g/mol. The van der Waals surface area contributed by atoms with Crippen LogP contribution in [-0.4, -0.2) is 50.0 Å². The molecule has 2 aromatic carbocycles. The Morgan fingerprint density at radius 1 is 1.05 bits per heavy atom. The quantitative estimate of drug-likeness (QED) is 0.325. The van der Waals surface area contributed by atoms with Gasteiger partial charge in [-0.15, -0.1) is 0 Å². The number of carbonyl (C=O) groups is 2. The molecule has 2 aromatic rings. The highest BCUT2D eigenvalue weighted by atomic mass is 35.5. The van der Waals surface area contributed by atoms with E-state index in [1.54, 1.807) is 23.1 Å².